The Morgan fingerprint density at radius 1 is 1.56 bits per heavy atom. The molecule has 4 heteroatoms. The van der Waals surface area contributed by atoms with Gasteiger partial charge in [-0.3, -0.25) is 0 Å². The highest BCUT2D eigenvalue weighted by Crippen LogP contribution is 2.15. The Bertz CT molecular complexity index is 334. The number of aromatic nitrogens is 2. The van der Waals surface area contributed by atoms with Gasteiger partial charge in [0.25, 0.3) is 0 Å². The van der Waals surface area contributed by atoms with Crippen LogP contribution in [0.15, 0.2) is 12.4 Å². The van der Waals surface area contributed by atoms with Crippen molar-refractivity contribution in [2.24, 2.45) is 7.05 Å². The molecule has 1 fully saturated rings. The number of hydrogen-bond acceptors (Lipinski definition) is 3. The third-order valence-corrected chi connectivity index (χ3v) is 3.58. The van der Waals surface area contributed by atoms with Gasteiger partial charge in [0.05, 0.1) is 6.04 Å². The molecule has 1 aromatic heterocycles. The van der Waals surface area contributed by atoms with Crippen LogP contribution in [0.3, 0.4) is 0 Å². The smallest absolute Gasteiger partial charge is 0.125 e. The van der Waals surface area contributed by atoms with Gasteiger partial charge in [0, 0.05) is 32.0 Å². The van der Waals surface area contributed by atoms with Gasteiger partial charge >= 0.3 is 0 Å². The van der Waals surface area contributed by atoms with E-state index in [1.807, 2.05) is 19.4 Å². The molecule has 0 amide bonds. The van der Waals surface area contributed by atoms with Crippen LogP contribution in [0, 0.1) is 0 Å². The van der Waals surface area contributed by atoms with Gasteiger partial charge in [0.1, 0.15) is 5.82 Å². The van der Waals surface area contributed by atoms with Crippen molar-refractivity contribution >= 4 is 0 Å². The molecule has 2 heterocycles. The van der Waals surface area contributed by atoms with Crippen molar-refractivity contribution in [2.45, 2.75) is 31.8 Å². The third-order valence-electron chi connectivity index (χ3n) is 3.58. The van der Waals surface area contributed by atoms with Crippen LogP contribution in [0.4, 0.5) is 0 Å². The summed E-state index contributed by atoms with van der Waals surface area (Å²) >= 11 is 0. The zero-order valence-corrected chi connectivity index (χ0v) is 10.5. The molecular formula is C12H22N4. The first-order chi connectivity index (χ1) is 7.68. The van der Waals surface area contributed by atoms with Gasteiger partial charge < -0.3 is 14.8 Å². The molecule has 2 atom stereocenters. The van der Waals surface area contributed by atoms with Crippen LogP contribution >= 0.6 is 0 Å². The fourth-order valence-corrected chi connectivity index (χ4v) is 2.44. The lowest BCUT2D eigenvalue weighted by Gasteiger charge is -2.22. The highest BCUT2D eigenvalue weighted by Gasteiger charge is 2.21. The SMILES string of the molecule is CC(NCC1CCCN1C)c1nccn1C. The fraction of sp³-hybridized carbons (Fsp3) is 0.750. The average molecular weight is 222 g/mol. The summed E-state index contributed by atoms with van der Waals surface area (Å²) in [5.41, 5.74) is 0. The summed E-state index contributed by atoms with van der Waals surface area (Å²) in [4.78, 5) is 6.81. The van der Waals surface area contributed by atoms with Crippen molar-refractivity contribution in [1.82, 2.24) is 19.8 Å². The molecule has 0 aromatic carbocycles. The Balaban J connectivity index is 1.84. The normalized spacial score (nSPS) is 23.8. The number of aryl methyl sites for hydroxylation is 1. The minimum atomic E-state index is 0.328. The molecular weight excluding hydrogens is 200 g/mol. The molecule has 16 heavy (non-hydrogen) atoms. The van der Waals surface area contributed by atoms with Gasteiger partial charge in [-0.05, 0) is 33.4 Å². The molecule has 2 unspecified atom stereocenters. The number of nitrogens with one attached hydrogen (secondary N) is 1. The number of imidazole rings is 1. The molecule has 0 aliphatic carbocycles. The second-order valence-corrected chi connectivity index (χ2v) is 4.80. The summed E-state index contributed by atoms with van der Waals surface area (Å²) in [6.45, 7) is 4.48. The molecule has 0 bridgehead atoms. The highest BCUT2D eigenvalue weighted by molar-refractivity contribution is 4.97. The van der Waals surface area contributed by atoms with E-state index >= 15 is 0 Å². The lowest BCUT2D eigenvalue weighted by molar-refractivity contribution is 0.292. The number of likely N-dealkylation sites (N-methyl/N-ethyl adjacent to an activating group) is 1. The van der Waals surface area contributed by atoms with E-state index in [2.05, 4.69) is 33.7 Å². The molecule has 0 radical (unpaired) electrons. The van der Waals surface area contributed by atoms with E-state index in [4.69, 9.17) is 0 Å². The maximum Gasteiger partial charge on any atom is 0.125 e. The second-order valence-electron chi connectivity index (χ2n) is 4.80. The third kappa shape index (κ3) is 2.44. The molecule has 1 aliphatic rings. The first-order valence-corrected chi connectivity index (χ1v) is 6.09. The highest BCUT2D eigenvalue weighted by atomic mass is 15.2. The predicted molar refractivity (Wildman–Crippen MR) is 65.3 cm³/mol. The fourth-order valence-electron chi connectivity index (χ4n) is 2.44. The molecule has 1 N–H and O–H groups in total. The average Bonchev–Trinajstić information content (AvgIpc) is 2.84. The van der Waals surface area contributed by atoms with Crippen molar-refractivity contribution in [3.63, 3.8) is 0 Å². The Hall–Kier alpha value is -0.870. The number of rotatable bonds is 4. The molecule has 1 aromatic rings. The lowest BCUT2D eigenvalue weighted by Crippen LogP contribution is -2.37. The van der Waals surface area contributed by atoms with Crippen LogP contribution in [-0.2, 0) is 7.05 Å². The van der Waals surface area contributed by atoms with Gasteiger partial charge in [-0.2, -0.15) is 0 Å². The predicted octanol–water partition coefficient (Wildman–Crippen LogP) is 1.16. The lowest BCUT2D eigenvalue weighted by atomic mass is 10.2. The van der Waals surface area contributed by atoms with Crippen LogP contribution in [0.1, 0.15) is 31.6 Å². The first-order valence-electron chi connectivity index (χ1n) is 6.09. The van der Waals surface area contributed by atoms with E-state index in [9.17, 15) is 0 Å². The first kappa shape index (κ1) is 11.6. The van der Waals surface area contributed by atoms with E-state index in [1.165, 1.54) is 19.4 Å². The molecule has 0 spiro atoms. The largest absolute Gasteiger partial charge is 0.337 e. The summed E-state index contributed by atoms with van der Waals surface area (Å²) in [5.74, 6) is 1.11. The van der Waals surface area contributed by atoms with E-state index in [0.29, 0.717) is 12.1 Å². The topological polar surface area (TPSA) is 33.1 Å². The summed E-state index contributed by atoms with van der Waals surface area (Å²) in [7, 11) is 4.26. The van der Waals surface area contributed by atoms with Gasteiger partial charge in [-0.15, -0.1) is 0 Å². The minimum absolute atomic E-state index is 0.328. The van der Waals surface area contributed by atoms with Crippen molar-refractivity contribution in [3.8, 4) is 0 Å². The number of hydrogen-bond donors (Lipinski definition) is 1. The Morgan fingerprint density at radius 3 is 2.94 bits per heavy atom. The quantitative estimate of drug-likeness (QED) is 0.830. The van der Waals surface area contributed by atoms with E-state index < -0.39 is 0 Å². The molecule has 90 valence electrons. The van der Waals surface area contributed by atoms with E-state index in [1.54, 1.807) is 0 Å². The van der Waals surface area contributed by atoms with Crippen LogP contribution in [0.2, 0.25) is 0 Å². The van der Waals surface area contributed by atoms with Crippen LogP contribution in [-0.4, -0.2) is 40.6 Å². The zero-order valence-electron chi connectivity index (χ0n) is 10.5. The molecule has 4 nitrogen and oxygen atoms in total. The van der Waals surface area contributed by atoms with E-state index in [0.717, 1.165) is 12.4 Å². The molecule has 1 saturated heterocycles. The Kier molecular flexibility index (Phi) is 3.61. The summed E-state index contributed by atoms with van der Waals surface area (Å²) < 4.78 is 2.08. The molecule has 0 saturated carbocycles. The summed E-state index contributed by atoms with van der Waals surface area (Å²) in [5, 5.41) is 3.57. The monoisotopic (exact) mass is 222 g/mol. The Labute approximate surface area is 97.7 Å². The second kappa shape index (κ2) is 4.97. The van der Waals surface area contributed by atoms with Crippen molar-refractivity contribution in [1.29, 1.82) is 0 Å². The number of nitrogens with zero attached hydrogens (tertiary/aromatic N) is 3. The summed E-state index contributed by atoms with van der Waals surface area (Å²) in [6, 6.07) is 1.02. The molecule has 1 aliphatic heterocycles. The Morgan fingerprint density at radius 2 is 2.38 bits per heavy atom. The minimum Gasteiger partial charge on any atom is -0.337 e. The van der Waals surface area contributed by atoms with Crippen molar-refractivity contribution < 1.29 is 0 Å². The zero-order chi connectivity index (χ0) is 11.5. The van der Waals surface area contributed by atoms with Crippen molar-refractivity contribution in [2.75, 3.05) is 20.1 Å². The maximum atomic E-state index is 4.37. The summed E-state index contributed by atoms with van der Waals surface area (Å²) in [6.07, 6.45) is 6.50. The maximum absolute atomic E-state index is 4.37. The van der Waals surface area contributed by atoms with Gasteiger partial charge in [0.2, 0.25) is 0 Å². The van der Waals surface area contributed by atoms with Gasteiger partial charge in [0.15, 0.2) is 0 Å². The van der Waals surface area contributed by atoms with Gasteiger partial charge in [-0.1, -0.05) is 0 Å². The van der Waals surface area contributed by atoms with Crippen LogP contribution in [0.5, 0.6) is 0 Å². The molecule has 2 rings (SSSR count). The standard InChI is InChI=1S/C12H22N4/c1-10(12-13-6-8-16(12)3)14-9-11-5-4-7-15(11)2/h6,8,10-11,14H,4-5,7,9H2,1-3H3. The van der Waals surface area contributed by atoms with Crippen LogP contribution in [0.25, 0.3) is 0 Å². The van der Waals surface area contributed by atoms with Crippen molar-refractivity contribution in [3.05, 3.63) is 18.2 Å². The van der Waals surface area contributed by atoms with Gasteiger partial charge in [-0.25, -0.2) is 4.98 Å². The number of likely N-dealkylation sites (tertiary alicyclic amines) is 1. The van der Waals surface area contributed by atoms with E-state index in [-0.39, 0.29) is 0 Å². The van der Waals surface area contributed by atoms with Crippen LogP contribution < -0.4 is 5.32 Å².